The van der Waals surface area contributed by atoms with Gasteiger partial charge in [0.1, 0.15) is 0 Å². The van der Waals surface area contributed by atoms with Crippen molar-refractivity contribution in [2.75, 3.05) is 25.0 Å². The van der Waals surface area contributed by atoms with Crippen LogP contribution in [0.15, 0.2) is 24.3 Å². The number of Topliss-reactive ketones (excluding diaryl/α,β-unsaturated/α-hetero) is 1. The van der Waals surface area contributed by atoms with Crippen molar-refractivity contribution >= 4 is 23.4 Å². The third kappa shape index (κ3) is 6.56. The largest absolute Gasteiger partial charge is 0.335 e. The molecule has 1 saturated carbocycles. The van der Waals surface area contributed by atoms with Crippen LogP contribution in [0.5, 0.6) is 0 Å². The zero-order chi connectivity index (χ0) is 20.6. The van der Waals surface area contributed by atoms with Gasteiger partial charge in [-0.15, -0.1) is 0 Å². The Bertz CT molecular complexity index is 723. The Morgan fingerprint density at radius 2 is 1.55 bits per heavy atom. The van der Waals surface area contributed by atoms with Crippen molar-refractivity contribution in [3.8, 4) is 0 Å². The summed E-state index contributed by atoms with van der Waals surface area (Å²) in [5.41, 5.74) is 1.08. The molecule has 1 aromatic rings. The molecule has 7 heteroatoms. The van der Waals surface area contributed by atoms with Gasteiger partial charge < -0.3 is 16.0 Å². The van der Waals surface area contributed by atoms with E-state index in [1.54, 1.807) is 24.3 Å². The minimum Gasteiger partial charge on any atom is -0.335 e. The SMILES string of the molecule is CC(=O)c1ccccc1NC(=O)CN1CCC(NC(=O)NC2CCCCC2)CC1. The molecule has 1 aromatic carbocycles. The first-order valence-corrected chi connectivity index (χ1v) is 10.7. The van der Waals surface area contributed by atoms with E-state index >= 15 is 0 Å². The molecule has 2 fully saturated rings. The predicted molar refractivity (Wildman–Crippen MR) is 113 cm³/mol. The topological polar surface area (TPSA) is 90.5 Å². The number of ketones is 1. The summed E-state index contributed by atoms with van der Waals surface area (Å²) in [7, 11) is 0. The van der Waals surface area contributed by atoms with Crippen LogP contribution in [-0.4, -0.2) is 54.3 Å². The second kappa shape index (κ2) is 10.4. The molecule has 1 aliphatic carbocycles. The first-order valence-electron chi connectivity index (χ1n) is 10.7. The summed E-state index contributed by atoms with van der Waals surface area (Å²) in [4.78, 5) is 38.4. The molecule has 1 aliphatic heterocycles. The van der Waals surface area contributed by atoms with Gasteiger partial charge in [0, 0.05) is 30.7 Å². The van der Waals surface area contributed by atoms with E-state index in [1.165, 1.54) is 26.2 Å². The summed E-state index contributed by atoms with van der Waals surface area (Å²) in [5, 5.41) is 9.03. The number of carbonyl (C=O) groups excluding carboxylic acids is 3. The normalized spacial score (nSPS) is 18.8. The first-order chi connectivity index (χ1) is 14.0. The Morgan fingerprint density at radius 3 is 2.21 bits per heavy atom. The third-order valence-electron chi connectivity index (χ3n) is 5.81. The molecule has 7 nitrogen and oxygen atoms in total. The van der Waals surface area contributed by atoms with Crippen LogP contribution in [0.3, 0.4) is 0 Å². The van der Waals surface area contributed by atoms with E-state index in [0.717, 1.165) is 38.8 Å². The van der Waals surface area contributed by atoms with Crippen LogP contribution >= 0.6 is 0 Å². The fourth-order valence-corrected chi connectivity index (χ4v) is 4.19. The highest BCUT2D eigenvalue weighted by atomic mass is 16.2. The number of hydrogen-bond donors (Lipinski definition) is 3. The van der Waals surface area contributed by atoms with Crippen molar-refractivity contribution in [1.82, 2.24) is 15.5 Å². The average molecular weight is 401 g/mol. The Hall–Kier alpha value is -2.41. The average Bonchev–Trinajstić information content (AvgIpc) is 2.70. The lowest BCUT2D eigenvalue weighted by Crippen LogP contribution is -2.51. The molecule has 0 radical (unpaired) electrons. The summed E-state index contributed by atoms with van der Waals surface area (Å²) in [5.74, 6) is -0.195. The Labute approximate surface area is 172 Å². The van der Waals surface area contributed by atoms with Crippen molar-refractivity contribution in [3.05, 3.63) is 29.8 Å². The number of benzene rings is 1. The maximum absolute atomic E-state index is 12.4. The minimum atomic E-state index is -0.125. The maximum atomic E-state index is 12.4. The third-order valence-corrected chi connectivity index (χ3v) is 5.81. The highest BCUT2D eigenvalue weighted by Crippen LogP contribution is 2.18. The predicted octanol–water partition coefficient (Wildman–Crippen LogP) is 2.92. The molecular weight excluding hydrogens is 368 g/mol. The number of piperidine rings is 1. The zero-order valence-electron chi connectivity index (χ0n) is 17.2. The van der Waals surface area contributed by atoms with Gasteiger partial charge in [0.25, 0.3) is 0 Å². The van der Waals surface area contributed by atoms with Crippen molar-refractivity contribution in [3.63, 3.8) is 0 Å². The molecule has 2 aliphatic rings. The summed E-state index contributed by atoms with van der Waals surface area (Å²) in [6.07, 6.45) is 7.48. The number of para-hydroxylation sites is 1. The zero-order valence-corrected chi connectivity index (χ0v) is 17.2. The van der Waals surface area contributed by atoms with Crippen LogP contribution in [-0.2, 0) is 4.79 Å². The molecule has 3 amide bonds. The quantitative estimate of drug-likeness (QED) is 0.641. The highest BCUT2D eigenvalue weighted by Gasteiger charge is 2.23. The van der Waals surface area contributed by atoms with Crippen molar-refractivity contribution in [1.29, 1.82) is 0 Å². The van der Waals surface area contributed by atoms with E-state index in [4.69, 9.17) is 0 Å². The Balaban J connectivity index is 1.39. The molecule has 3 rings (SSSR count). The molecule has 1 heterocycles. The summed E-state index contributed by atoms with van der Waals surface area (Å²) >= 11 is 0. The molecule has 3 N–H and O–H groups in total. The van der Waals surface area contributed by atoms with Crippen molar-refractivity contribution < 1.29 is 14.4 Å². The van der Waals surface area contributed by atoms with Gasteiger partial charge in [-0.1, -0.05) is 31.4 Å². The molecule has 0 spiro atoms. The lowest BCUT2D eigenvalue weighted by atomic mass is 9.96. The number of rotatable bonds is 6. The van der Waals surface area contributed by atoms with E-state index in [0.29, 0.717) is 17.3 Å². The standard InChI is InChI=1S/C22H32N4O3/c1-16(27)19-9-5-6-10-20(19)25-21(28)15-26-13-11-18(12-14-26)24-22(29)23-17-7-3-2-4-8-17/h5-6,9-10,17-18H,2-4,7-8,11-15H2,1H3,(H,25,28)(H2,23,24,29). The van der Waals surface area contributed by atoms with E-state index in [9.17, 15) is 14.4 Å². The van der Waals surface area contributed by atoms with Gasteiger partial charge in [0.05, 0.1) is 12.2 Å². The number of nitrogens with zero attached hydrogens (tertiary/aromatic N) is 1. The second-order valence-electron chi connectivity index (χ2n) is 8.15. The lowest BCUT2D eigenvalue weighted by molar-refractivity contribution is -0.117. The summed E-state index contributed by atoms with van der Waals surface area (Å²) in [6.45, 7) is 3.30. The molecule has 0 unspecified atom stereocenters. The number of likely N-dealkylation sites (tertiary alicyclic amines) is 1. The van der Waals surface area contributed by atoms with Gasteiger partial charge >= 0.3 is 6.03 Å². The smallest absolute Gasteiger partial charge is 0.315 e. The lowest BCUT2D eigenvalue weighted by Gasteiger charge is -2.32. The number of amides is 3. The van der Waals surface area contributed by atoms with Gasteiger partial charge in [-0.25, -0.2) is 4.79 Å². The highest BCUT2D eigenvalue weighted by molar-refractivity contribution is 6.04. The number of urea groups is 1. The van der Waals surface area contributed by atoms with Gasteiger partial charge in [-0.3, -0.25) is 14.5 Å². The van der Waals surface area contributed by atoms with Crippen LogP contribution in [0, 0.1) is 0 Å². The van der Waals surface area contributed by atoms with Gasteiger partial charge in [0.15, 0.2) is 5.78 Å². The van der Waals surface area contributed by atoms with Gasteiger partial charge in [-0.05, 0) is 44.7 Å². The van der Waals surface area contributed by atoms with Crippen molar-refractivity contribution in [2.45, 2.75) is 64.0 Å². The van der Waals surface area contributed by atoms with Crippen molar-refractivity contribution in [2.24, 2.45) is 0 Å². The molecule has 0 bridgehead atoms. The van der Waals surface area contributed by atoms with Crippen LogP contribution in [0.1, 0.15) is 62.2 Å². The monoisotopic (exact) mass is 400 g/mol. The minimum absolute atomic E-state index is 0.0612. The molecular formula is C22H32N4O3. The molecule has 0 aromatic heterocycles. The fraction of sp³-hybridized carbons (Fsp3) is 0.591. The molecule has 29 heavy (non-hydrogen) atoms. The van der Waals surface area contributed by atoms with Gasteiger partial charge in [0.2, 0.25) is 5.91 Å². The van der Waals surface area contributed by atoms with E-state index in [-0.39, 0.29) is 30.3 Å². The summed E-state index contributed by atoms with van der Waals surface area (Å²) < 4.78 is 0. The Morgan fingerprint density at radius 1 is 0.931 bits per heavy atom. The molecule has 158 valence electrons. The van der Waals surface area contributed by atoms with Crippen LogP contribution in [0.2, 0.25) is 0 Å². The van der Waals surface area contributed by atoms with Crippen LogP contribution < -0.4 is 16.0 Å². The number of anilines is 1. The van der Waals surface area contributed by atoms with E-state index < -0.39 is 0 Å². The number of hydrogen-bond acceptors (Lipinski definition) is 4. The fourth-order valence-electron chi connectivity index (χ4n) is 4.19. The Kier molecular flexibility index (Phi) is 7.63. The van der Waals surface area contributed by atoms with Crippen LogP contribution in [0.25, 0.3) is 0 Å². The van der Waals surface area contributed by atoms with E-state index in [2.05, 4.69) is 20.9 Å². The van der Waals surface area contributed by atoms with Crippen LogP contribution in [0.4, 0.5) is 10.5 Å². The number of nitrogens with one attached hydrogen (secondary N) is 3. The van der Waals surface area contributed by atoms with E-state index in [1.807, 2.05) is 0 Å². The van der Waals surface area contributed by atoms with Gasteiger partial charge in [-0.2, -0.15) is 0 Å². The summed E-state index contributed by atoms with van der Waals surface area (Å²) in [6, 6.07) is 7.45. The first kappa shape index (κ1) is 21.3. The maximum Gasteiger partial charge on any atom is 0.315 e. The molecule has 1 saturated heterocycles. The molecule has 0 atom stereocenters. The number of carbonyl (C=O) groups is 3. The second-order valence-corrected chi connectivity index (χ2v) is 8.15.